The number of nitrogens with zero attached hydrogens (tertiary/aromatic N) is 6. The Morgan fingerprint density at radius 1 is 0.944 bits per heavy atom. The molecule has 2 heterocycles. The van der Waals surface area contributed by atoms with Crippen LogP contribution in [0.5, 0.6) is 0 Å². The fourth-order valence-electron chi connectivity index (χ4n) is 4.41. The van der Waals surface area contributed by atoms with Crippen LogP contribution in [-0.2, 0) is 38.0 Å². The number of hydrogen-bond acceptors (Lipinski definition) is 6. The van der Waals surface area contributed by atoms with Crippen molar-refractivity contribution in [3.63, 3.8) is 0 Å². The van der Waals surface area contributed by atoms with E-state index in [1.807, 2.05) is 30.5 Å². The Hall–Kier alpha value is -3.01. The summed E-state index contributed by atoms with van der Waals surface area (Å²) in [5.74, 6) is 1.23. The fourth-order valence-corrected chi connectivity index (χ4v) is 4.41. The van der Waals surface area contributed by atoms with E-state index in [2.05, 4.69) is 67.6 Å². The molecule has 9 nitrogen and oxygen atoms in total. The Labute approximate surface area is 214 Å². The van der Waals surface area contributed by atoms with Gasteiger partial charge in [-0.15, -0.1) is 0 Å². The second kappa shape index (κ2) is 14.5. The van der Waals surface area contributed by atoms with E-state index in [9.17, 15) is 4.79 Å². The number of aliphatic carboxylic acids is 1. The van der Waals surface area contributed by atoms with Crippen molar-refractivity contribution in [1.29, 1.82) is 0 Å². The third-order valence-corrected chi connectivity index (χ3v) is 6.26. The van der Waals surface area contributed by atoms with Crippen molar-refractivity contribution in [1.82, 2.24) is 34.2 Å². The number of unbranched alkanes of at least 4 members (excludes halogenated alkanes) is 1. The molecule has 2 aromatic heterocycles. The molecular weight excluding hydrogens is 454 g/mol. The van der Waals surface area contributed by atoms with Gasteiger partial charge in [-0.05, 0) is 57.1 Å². The number of H-pyrrole nitrogens is 1. The lowest BCUT2D eigenvalue weighted by Crippen LogP contribution is -2.32. The molecule has 0 aliphatic rings. The van der Waals surface area contributed by atoms with Crippen LogP contribution in [0.1, 0.15) is 49.0 Å². The molecule has 0 aliphatic carbocycles. The molecule has 9 heteroatoms. The molecule has 0 aliphatic heterocycles. The third kappa shape index (κ3) is 9.56. The third-order valence-electron chi connectivity index (χ3n) is 6.26. The number of carboxylic acid groups (broad SMARTS) is 1. The molecule has 36 heavy (non-hydrogen) atoms. The number of imidazole rings is 2. The standard InChI is InChI=1S/C27H41N7O2/c1-4-14-33(22-27(35)36)16-6-5-15-31(2)18-23-7-9-24(10-8-23)19-34(20-25-28-11-12-29-25)21-26-30-13-17-32(26)3/h7-13,17H,4-6,14-16,18-22H2,1-3H3,(H,28,29)(H,35,36). The van der Waals surface area contributed by atoms with Gasteiger partial charge in [0.15, 0.2) is 0 Å². The summed E-state index contributed by atoms with van der Waals surface area (Å²) >= 11 is 0. The van der Waals surface area contributed by atoms with Crippen LogP contribution in [0.4, 0.5) is 0 Å². The topological polar surface area (TPSA) is 93.5 Å². The number of aromatic nitrogens is 4. The van der Waals surface area contributed by atoms with Crippen LogP contribution in [-0.4, -0.2) is 78.5 Å². The van der Waals surface area contributed by atoms with Gasteiger partial charge in [0.2, 0.25) is 0 Å². The minimum atomic E-state index is -0.746. The van der Waals surface area contributed by atoms with Crippen LogP contribution in [0.2, 0.25) is 0 Å². The minimum absolute atomic E-state index is 0.136. The molecule has 3 aromatic rings. The zero-order valence-corrected chi connectivity index (χ0v) is 21.9. The summed E-state index contributed by atoms with van der Waals surface area (Å²) < 4.78 is 2.06. The van der Waals surface area contributed by atoms with Gasteiger partial charge in [0, 0.05) is 44.9 Å². The van der Waals surface area contributed by atoms with E-state index in [0.29, 0.717) is 0 Å². The summed E-state index contributed by atoms with van der Waals surface area (Å²) in [6.45, 7) is 8.09. The first-order chi connectivity index (χ1) is 17.4. The predicted octanol–water partition coefficient (Wildman–Crippen LogP) is 3.35. The first kappa shape index (κ1) is 27.6. The molecule has 2 N–H and O–H groups in total. The van der Waals surface area contributed by atoms with E-state index in [4.69, 9.17) is 5.11 Å². The van der Waals surface area contributed by atoms with Crippen molar-refractivity contribution in [2.75, 3.05) is 33.2 Å². The highest BCUT2D eigenvalue weighted by Crippen LogP contribution is 2.14. The quantitative estimate of drug-likeness (QED) is 0.277. The van der Waals surface area contributed by atoms with Crippen LogP contribution in [0.25, 0.3) is 0 Å². The molecule has 0 saturated carbocycles. The van der Waals surface area contributed by atoms with Gasteiger partial charge >= 0.3 is 5.97 Å². The Kier molecular flexibility index (Phi) is 11.1. The highest BCUT2D eigenvalue weighted by molar-refractivity contribution is 5.69. The number of aryl methyl sites for hydroxylation is 1. The maximum Gasteiger partial charge on any atom is 0.317 e. The van der Waals surface area contributed by atoms with Crippen LogP contribution < -0.4 is 0 Å². The summed E-state index contributed by atoms with van der Waals surface area (Å²) in [6, 6.07) is 8.86. The first-order valence-electron chi connectivity index (χ1n) is 12.8. The summed E-state index contributed by atoms with van der Waals surface area (Å²) in [5, 5.41) is 9.05. The fraction of sp³-hybridized carbons (Fsp3) is 0.519. The lowest BCUT2D eigenvalue weighted by Gasteiger charge is -2.22. The zero-order valence-electron chi connectivity index (χ0n) is 21.9. The Morgan fingerprint density at radius 3 is 2.28 bits per heavy atom. The van der Waals surface area contributed by atoms with Crippen LogP contribution in [0, 0.1) is 0 Å². The molecular formula is C27H41N7O2. The van der Waals surface area contributed by atoms with Gasteiger partial charge in [0.25, 0.3) is 0 Å². The highest BCUT2D eigenvalue weighted by atomic mass is 16.4. The molecule has 0 atom stereocenters. The number of carboxylic acids is 1. The van der Waals surface area contributed by atoms with Crippen LogP contribution in [0.3, 0.4) is 0 Å². The van der Waals surface area contributed by atoms with E-state index in [0.717, 1.165) is 76.7 Å². The number of rotatable bonds is 17. The number of aromatic amines is 1. The molecule has 3 rings (SSSR count). The van der Waals surface area contributed by atoms with Gasteiger partial charge < -0.3 is 19.6 Å². The Bertz CT molecular complexity index is 1020. The summed E-state index contributed by atoms with van der Waals surface area (Å²) in [7, 11) is 4.17. The van der Waals surface area contributed by atoms with Gasteiger partial charge in [-0.1, -0.05) is 31.2 Å². The van der Waals surface area contributed by atoms with Crippen molar-refractivity contribution >= 4 is 5.97 Å². The van der Waals surface area contributed by atoms with Crippen molar-refractivity contribution < 1.29 is 9.90 Å². The van der Waals surface area contributed by atoms with E-state index < -0.39 is 5.97 Å². The Morgan fingerprint density at radius 2 is 1.67 bits per heavy atom. The predicted molar refractivity (Wildman–Crippen MR) is 141 cm³/mol. The number of carbonyl (C=O) groups is 1. The van der Waals surface area contributed by atoms with Crippen molar-refractivity contribution in [2.24, 2.45) is 7.05 Å². The lowest BCUT2D eigenvalue weighted by molar-refractivity contribution is -0.138. The average Bonchev–Trinajstić information content (AvgIpc) is 3.49. The zero-order chi connectivity index (χ0) is 25.8. The SMILES string of the molecule is CCCN(CCCCN(C)Cc1ccc(CN(Cc2ncc[nH]2)Cc2nccn2C)cc1)CC(=O)O. The largest absolute Gasteiger partial charge is 0.480 e. The van der Waals surface area contributed by atoms with Gasteiger partial charge in [-0.3, -0.25) is 14.6 Å². The number of benzene rings is 1. The van der Waals surface area contributed by atoms with E-state index >= 15 is 0 Å². The normalized spacial score (nSPS) is 11.7. The molecule has 0 saturated heterocycles. The average molecular weight is 496 g/mol. The van der Waals surface area contributed by atoms with Crippen LogP contribution >= 0.6 is 0 Å². The van der Waals surface area contributed by atoms with E-state index in [1.54, 1.807) is 6.20 Å². The monoisotopic (exact) mass is 495 g/mol. The van der Waals surface area contributed by atoms with Gasteiger partial charge in [0.05, 0.1) is 19.6 Å². The maximum atomic E-state index is 11.0. The molecule has 0 unspecified atom stereocenters. The van der Waals surface area contributed by atoms with Crippen LogP contribution in [0.15, 0.2) is 49.1 Å². The summed E-state index contributed by atoms with van der Waals surface area (Å²) in [6.07, 6.45) is 10.5. The van der Waals surface area contributed by atoms with Crippen molar-refractivity contribution in [3.05, 3.63) is 71.8 Å². The summed E-state index contributed by atoms with van der Waals surface area (Å²) in [5.41, 5.74) is 2.55. The molecule has 0 spiro atoms. The van der Waals surface area contributed by atoms with Gasteiger partial charge in [0.1, 0.15) is 11.6 Å². The number of hydrogen-bond donors (Lipinski definition) is 2. The molecule has 196 valence electrons. The lowest BCUT2D eigenvalue weighted by atomic mass is 10.1. The van der Waals surface area contributed by atoms with Crippen molar-refractivity contribution in [2.45, 2.75) is 52.4 Å². The maximum absolute atomic E-state index is 11.0. The Balaban J connectivity index is 1.46. The van der Waals surface area contributed by atoms with E-state index in [-0.39, 0.29) is 6.54 Å². The summed E-state index contributed by atoms with van der Waals surface area (Å²) in [4.78, 5) is 29.8. The second-order valence-corrected chi connectivity index (χ2v) is 9.57. The second-order valence-electron chi connectivity index (χ2n) is 9.57. The molecule has 0 radical (unpaired) electrons. The highest BCUT2D eigenvalue weighted by Gasteiger charge is 2.13. The molecule has 0 bridgehead atoms. The van der Waals surface area contributed by atoms with Gasteiger partial charge in [-0.25, -0.2) is 9.97 Å². The van der Waals surface area contributed by atoms with Crippen molar-refractivity contribution in [3.8, 4) is 0 Å². The molecule has 0 fully saturated rings. The molecule has 0 amide bonds. The van der Waals surface area contributed by atoms with E-state index in [1.165, 1.54) is 11.1 Å². The van der Waals surface area contributed by atoms with Gasteiger partial charge in [-0.2, -0.15) is 0 Å². The smallest absolute Gasteiger partial charge is 0.317 e. The first-order valence-corrected chi connectivity index (χ1v) is 12.8. The number of nitrogens with one attached hydrogen (secondary N) is 1. The molecule has 1 aromatic carbocycles. The minimum Gasteiger partial charge on any atom is -0.480 e.